The summed E-state index contributed by atoms with van der Waals surface area (Å²) in [7, 11) is 0. The number of aromatic nitrogens is 1. The van der Waals surface area contributed by atoms with E-state index in [4.69, 9.17) is 0 Å². The molecule has 1 atom stereocenters. The lowest BCUT2D eigenvalue weighted by Gasteiger charge is -2.37. The van der Waals surface area contributed by atoms with Crippen molar-refractivity contribution in [2.45, 2.75) is 25.2 Å². The predicted molar refractivity (Wildman–Crippen MR) is 93.0 cm³/mol. The third-order valence-corrected chi connectivity index (χ3v) is 5.78. The smallest absolute Gasteiger partial charge is 0.230 e. The molecule has 1 aliphatic heterocycles. The van der Waals surface area contributed by atoms with Crippen LogP contribution in [0.4, 0.5) is 5.13 Å². The molecule has 0 radical (unpaired) electrons. The van der Waals surface area contributed by atoms with Crippen molar-refractivity contribution in [1.29, 1.82) is 0 Å². The SMILES string of the molecule is O=C(C1CCCc2ccccc21)N1CCN(c2nccs2)CC1. The van der Waals surface area contributed by atoms with E-state index in [2.05, 4.69) is 39.0 Å². The molecule has 2 heterocycles. The third kappa shape index (κ3) is 2.85. The van der Waals surface area contributed by atoms with Crippen LogP contribution in [0.1, 0.15) is 29.9 Å². The number of hydrogen-bond acceptors (Lipinski definition) is 4. The zero-order chi connectivity index (χ0) is 15.6. The Kier molecular flexibility index (Phi) is 4.04. The lowest BCUT2D eigenvalue weighted by atomic mass is 9.82. The van der Waals surface area contributed by atoms with Gasteiger partial charge in [0.25, 0.3) is 0 Å². The largest absolute Gasteiger partial charge is 0.345 e. The third-order valence-electron chi connectivity index (χ3n) is 4.95. The summed E-state index contributed by atoms with van der Waals surface area (Å²) in [6.07, 6.45) is 5.06. The van der Waals surface area contributed by atoms with Gasteiger partial charge in [-0.05, 0) is 30.4 Å². The molecule has 2 aromatic rings. The number of carbonyl (C=O) groups excluding carboxylic acids is 1. The molecule has 1 amide bonds. The molecule has 1 aliphatic carbocycles. The quantitative estimate of drug-likeness (QED) is 0.851. The van der Waals surface area contributed by atoms with Gasteiger partial charge in [0.15, 0.2) is 5.13 Å². The number of amides is 1. The van der Waals surface area contributed by atoms with Gasteiger partial charge in [0.1, 0.15) is 0 Å². The number of rotatable bonds is 2. The van der Waals surface area contributed by atoms with Crippen LogP contribution in [0.2, 0.25) is 0 Å². The second kappa shape index (κ2) is 6.32. The number of piperazine rings is 1. The predicted octanol–water partition coefficient (Wildman–Crippen LogP) is 2.91. The maximum absolute atomic E-state index is 13.0. The Morgan fingerprint density at radius 2 is 2.00 bits per heavy atom. The van der Waals surface area contributed by atoms with E-state index in [0.717, 1.165) is 50.6 Å². The van der Waals surface area contributed by atoms with Crippen LogP contribution in [0, 0.1) is 0 Å². The van der Waals surface area contributed by atoms with E-state index in [9.17, 15) is 4.79 Å². The standard InChI is InChI=1S/C18H21N3OS/c22-17(16-7-3-5-14-4-1-2-6-15(14)16)20-9-11-21(12-10-20)18-19-8-13-23-18/h1-2,4,6,8,13,16H,3,5,7,9-12H2. The van der Waals surface area contributed by atoms with Crippen LogP contribution in [0.15, 0.2) is 35.8 Å². The normalized spacial score (nSPS) is 21.1. The molecular weight excluding hydrogens is 306 g/mol. The molecule has 120 valence electrons. The minimum atomic E-state index is 0.0614. The summed E-state index contributed by atoms with van der Waals surface area (Å²) in [5.74, 6) is 0.377. The Morgan fingerprint density at radius 3 is 2.78 bits per heavy atom. The molecular formula is C18H21N3OS. The highest BCUT2D eigenvalue weighted by atomic mass is 32.1. The van der Waals surface area contributed by atoms with E-state index in [1.54, 1.807) is 11.3 Å². The van der Waals surface area contributed by atoms with Crippen molar-refractivity contribution < 1.29 is 4.79 Å². The minimum Gasteiger partial charge on any atom is -0.345 e. The molecule has 4 rings (SSSR count). The molecule has 1 aromatic heterocycles. The Balaban J connectivity index is 1.45. The van der Waals surface area contributed by atoms with Gasteiger partial charge >= 0.3 is 0 Å². The molecule has 1 saturated heterocycles. The molecule has 2 aliphatic rings. The molecule has 1 aromatic carbocycles. The number of carbonyl (C=O) groups is 1. The first-order valence-corrected chi connectivity index (χ1v) is 9.22. The van der Waals surface area contributed by atoms with Gasteiger partial charge in [-0.3, -0.25) is 4.79 Å². The Morgan fingerprint density at radius 1 is 1.17 bits per heavy atom. The number of benzene rings is 1. The monoisotopic (exact) mass is 327 g/mol. The van der Waals surface area contributed by atoms with Crippen LogP contribution < -0.4 is 4.90 Å². The highest BCUT2D eigenvalue weighted by Crippen LogP contribution is 2.33. The van der Waals surface area contributed by atoms with Gasteiger partial charge in [0, 0.05) is 37.8 Å². The van der Waals surface area contributed by atoms with Crippen molar-refractivity contribution in [3.63, 3.8) is 0 Å². The minimum absolute atomic E-state index is 0.0614. The van der Waals surface area contributed by atoms with Crippen molar-refractivity contribution in [3.8, 4) is 0 Å². The van der Waals surface area contributed by atoms with E-state index >= 15 is 0 Å². The molecule has 4 nitrogen and oxygen atoms in total. The lowest BCUT2D eigenvalue weighted by molar-refractivity contribution is -0.133. The fourth-order valence-electron chi connectivity index (χ4n) is 3.72. The average Bonchev–Trinajstić information content (AvgIpc) is 3.15. The zero-order valence-corrected chi connectivity index (χ0v) is 14.0. The summed E-state index contributed by atoms with van der Waals surface area (Å²) in [6, 6.07) is 8.46. The van der Waals surface area contributed by atoms with Crippen molar-refractivity contribution in [1.82, 2.24) is 9.88 Å². The van der Waals surface area contributed by atoms with Crippen molar-refractivity contribution in [2.75, 3.05) is 31.1 Å². The van der Waals surface area contributed by atoms with E-state index in [1.165, 1.54) is 11.1 Å². The van der Waals surface area contributed by atoms with Crippen molar-refractivity contribution in [3.05, 3.63) is 47.0 Å². The lowest BCUT2D eigenvalue weighted by Crippen LogP contribution is -2.50. The van der Waals surface area contributed by atoms with Gasteiger partial charge in [0.05, 0.1) is 5.92 Å². The van der Waals surface area contributed by atoms with Crippen LogP contribution in [0.3, 0.4) is 0 Å². The number of thiazole rings is 1. The second-order valence-electron chi connectivity index (χ2n) is 6.27. The van der Waals surface area contributed by atoms with Crippen LogP contribution in [0.25, 0.3) is 0 Å². The van der Waals surface area contributed by atoms with Gasteiger partial charge < -0.3 is 9.80 Å². The fourth-order valence-corrected chi connectivity index (χ4v) is 4.42. The molecule has 0 N–H and O–H groups in total. The van der Waals surface area contributed by atoms with Crippen molar-refractivity contribution >= 4 is 22.4 Å². The number of anilines is 1. The molecule has 0 saturated carbocycles. The molecule has 1 fully saturated rings. The first kappa shape index (κ1) is 14.7. The van der Waals surface area contributed by atoms with Crippen LogP contribution >= 0.6 is 11.3 Å². The summed E-state index contributed by atoms with van der Waals surface area (Å²) in [4.78, 5) is 21.7. The maximum atomic E-state index is 13.0. The Hall–Kier alpha value is -1.88. The number of nitrogens with zero attached hydrogens (tertiary/aromatic N) is 3. The summed E-state index contributed by atoms with van der Waals surface area (Å²) in [6.45, 7) is 3.37. The fraction of sp³-hybridized carbons (Fsp3) is 0.444. The van der Waals surface area contributed by atoms with Gasteiger partial charge in [-0.2, -0.15) is 0 Å². The van der Waals surface area contributed by atoms with Gasteiger partial charge in [-0.15, -0.1) is 11.3 Å². The maximum Gasteiger partial charge on any atom is 0.230 e. The second-order valence-corrected chi connectivity index (χ2v) is 7.14. The summed E-state index contributed by atoms with van der Waals surface area (Å²) in [5, 5.41) is 3.08. The van der Waals surface area contributed by atoms with Gasteiger partial charge in [-0.25, -0.2) is 4.98 Å². The van der Waals surface area contributed by atoms with E-state index in [1.807, 2.05) is 11.6 Å². The van der Waals surface area contributed by atoms with Crippen LogP contribution in [-0.4, -0.2) is 42.0 Å². The molecule has 1 unspecified atom stereocenters. The highest BCUT2D eigenvalue weighted by molar-refractivity contribution is 7.13. The Labute approximate surface area is 140 Å². The van der Waals surface area contributed by atoms with E-state index < -0.39 is 0 Å². The van der Waals surface area contributed by atoms with Gasteiger partial charge in [-0.1, -0.05) is 24.3 Å². The molecule has 23 heavy (non-hydrogen) atoms. The number of fused-ring (bicyclic) bond motifs is 1. The summed E-state index contributed by atoms with van der Waals surface area (Å²) in [5.41, 5.74) is 2.62. The summed E-state index contributed by atoms with van der Waals surface area (Å²) < 4.78 is 0. The zero-order valence-electron chi connectivity index (χ0n) is 13.1. The van der Waals surface area contributed by atoms with E-state index in [0.29, 0.717) is 5.91 Å². The molecule has 5 heteroatoms. The highest BCUT2D eigenvalue weighted by Gasteiger charge is 2.31. The Bertz CT molecular complexity index is 677. The number of hydrogen-bond donors (Lipinski definition) is 0. The van der Waals surface area contributed by atoms with Crippen LogP contribution in [-0.2, 0) is 11.2 Å². The van der Waals surface area contributed by atoms with Crippen molar-refractivity contribution in [2.24, 2.45) is 0 Å². The molecule has 0 spiro atoms. The average molecular weight is 327 g/mol. The molecule has 0 bridgehead atoms. The number of aryl methyl sites for hydroxylation is 1. The van der Waals surface area contributed by atoms with E-state index in [-0.39, 0.29) is 5.92 Å². The van der Waals surface area contributed by atoms with Gasteiger partial charge in [0.2, 0.25) is 5.91 Å². The first-order valence-electron chi connectivity index (χ1n) is 8.34. The topological polar surface area (TPSA) is 36.4 Å². The van der Waals surface area contributed by atoms with Crippen LogP contribution in [0.5, 0.6) is 0 Å². The first-order chi connectivity index (χ1) is 11.3. The summed E-state index contributed by atoms with van der Waals surface area (Å²) >= 11 is 1.67.